The Hall–Kier alpha value is -1.56. The van der Waals surface area contributed by atoms with Crippen molar-refractivity contribution in [1.82, 2.24) is 9.55 Å². The number of hydrogen-bond acceptors (Lipinski definition) is 2. The summed E-state index contributed by atoms with van der Waals surface area (Å²) in [7, 11) is 0. The molecule has 0 amide bonds. The van der Waals surface area contributed by atoms with E-state index in [1.165, 1.54) is 10.8 Å². The SMILES string of the molecule is C#CCn1cc(C)cnc1=O. The molecule has 3 nitrogen and oxygen atoms in total. The Kier molecular flexibility index (Phi) is 2.07. The fourth-order valence-corrected chi connectivity index (χ4v) is 0.777. The fourth-order valence-electron chi connectivity index (χ4n) is 0.777. The molecule has 0 saturated carbocycles. The summed E-state index contributed by atoms with van der Waals surface area (Å²) in [6.07, 6.45) is 8.25. The van der Waals surface area contributed by atoms with Gasteiger partial charge in [-0.25, -0.2) is 9.78 Å². The lowest BCUT2D eigenvalue weighted by Gasteiger charge is -1.98. The van der Waals surface area contributed by atoms with Crippen LogP contribution in [0, 0.1) is 19.3 Å². The van der Waals surface area contributed by atoms with Gasteiger partial charge in [-0.2, -0.15) is 0 Å². The molecule has 0 aliphatic rings. The number of rotatable bonds is 1. The van der Waals surface area contributed by atoms with E-state index in [4.69, 9.17) is 6.42 Å². The highest BCUT2D eigenvalue weighted by Gasteiger charge is 1.92. The molecule has 3 heteroatoms. The van der Waals surface area contributed by atoms with E-state index >= 15 is 0 Å². The van der Waals surface area contributed by atoms with Crippen molar-refractivity contribution in [2.24, 2.45) is 0 Å². The highest BCUT2D eigenvalue weighted by molar-refractivity contribution is 5.01. The molecule has 0 bridgehead atoms. The Morgan fingerprint density at radius 3 is 3.18 bits per heavy atom. The zero-order valence-corrected chi connectivity index (χ0v) is 6.24. The van der Waals surface area contributed by atoms with Crippen LogP contribution in [-0.2, 0) is 6.54 Å². The summed E-state index contributed by atoms with van der Waals surface area (Å²) >= 11 is 0. The molecule has 1 heterocycles. The van der Waals surface area contributed by atoms with Gasteiger partial charge in [-0.1, -0.05) is 5.92 Å². The van der Waals surface area contributed by atoms with Gasteiger partial charge in [0.05, 0.1) is 6.54 Å². The largest absolute Gasteiger partial charge is 0.348 e. The van der Waals surface area contributed by atoms with Crippen LogP contribution in [0.5, 0.6) is 0 Å². The number of hydrogen-bond donors (Lipinski definition) is 0. The average Bonchev–Trinajstić information content (AvgIpc) is 1.98. The van der Waals surface area contributed by atoms with Gasteiger partial charge in [-0.3, -0.25) is 4.57 Å². The van der Waals surface area contributed by atoms with Crippen LogP contribution in [0.4, 0.5) is 0 Å². The minimum absolute atomic E-state index is 0.285. The number of aryl methyl sites for hydroxylation is 1. The Morgan fingerprint density at radius 2 is 2.55 bits per heavy atom. The normalized spacial score (nSPS) is 9.09. The van der Waals surface area contributed by atoms with E-state index in [0.717, 1.165) is 5.56 Å². The van der Waals surface area contributed by atoms with Crippen LogP contribution in [0.15, 0.2) is 17.2 Å². The highest BCUT2D eigenvalue weighted by Crippen LogP contribution is 1.87. The minimum atomic E-state index is -0.298. The first-order valence-corrected chi connectivity index (χ1v) is 3.20. The molecule has 1 rings (SSSR count). The molecule has 11 heavy (non-hydrogen) atoms. The van der Waals surface area contributed by atoms with Crippen molar-refractivity contribution in [3.63, 3.8) is 0 Å². The van der Waals surface area contributed by atoms with E-state index in [1.54, 1.807) is 6.20 Å². The average molecular weight is 148 g/mol. The van der Waals surface area contributed by atoms with Gasteiger partial charge in [0.1, 0.15) is 0 Å². The summed E-state index contributed by atoms with van der Waals surface area (Å²) in [5, 5.41) is 0. The van der Waals surface area contributed by atoms with Crippen LogP contribution in [0.2, 0.25) is 0 Å². The van der Waals surface area contributed by atoms with Crippen molar-refractivity contribution in [2.45, 2.75) is 13.5 Å². The van der Waals surface area contributed by atoms with E-state index in [1.807, 2.05) is 6.92 Å². The second kappa shape index (κ2) is 3.02. The van der Waals surface area contributed by atoms with E-state index in [-0.39, 0.29) is 12.2 Å². The van der Waals surface area contributed by atoms with Crippen LogP contribution < -0.4 is 5.69 Å². The molecule has 1 aromatic heterocycles. The zero-order chi connectivity index (χ0) is 8.27. The van der Waals surface area contributed by atoms with Gasteiger partial charge in [0, 0.05) is 12.4 Å². The lowest BCUT2D eigenvalue weighted by atomic mass is 10.4. The molecule has 56 valence electrons. The molecular weight excluding hydrogens is 140 g/mol. The molecule has 0 fully saturated rings. The summed E-state index contributed by atoms with van der Waals surface area (Å²) in [5.41, 5.74) is 0.633. The van der Waals surface area contributed by atoms with Crippen molar-refractivity contribution in [3.05, 3.63) is 28.4 Å². The predicted octanol–water partition coefficient (Wildman–Crippen LogP) is 0.185. The second-order valence-corrected chi connectivity index (χ2v) is 2.25. The molecule has 0 spiro atoms. The molecule has 0 aliphatic heterocycles. The Bertz CT molecular complexity index is 346. The molecular formula is C8H8N2O. The molecule has 0 atom stereocenters. The van der Waals surface area contributed by atoms with E-state index in [2.05, 4.69) is 10.9 Å². The first kappa shape index (κ1) is 7.55. The molecule has 1 aromatic rings. The fraction of sp³-hybridized carbons (Fsp3) is 0.250. The standard InChI is InChI=1S/C8H8N2O/c1-3-4-10-6-7(2)5-9-8(10)11/h1,5-6H,4H2,2H3. The van der Waals surface area contributed by atoms with Crippen molar-refractivity contribution in [2.75, 3.05) is 0 Å². The van der Waals surface area contributed by atoms with Gasteiger partial charge in [0.25, 0.3) is 0 Å². The van der Waals surface area contributed by atoms with Crippen molar-refractivity contribution in [1.29, 1.82) is 0 Å². The Balaban J connectivity index is 3.15. The van der Waals surface area contributed by atoms with Crippen molar-refractivity contribution < 1.29 is 0 Å². The van der Waals surface area contributed by atoms with Crippen LogP contribution in [0.25, 0.3) is 0 Å². The smallest absolute Gasteiger partial charge is 0.287 e. The maximum Gasteiger partial charge on any atom is 0.348 e. The minimum Gasteiger partial charge on any atom is -0.287 e. The summed E-state index contributed by atoms with van der Waals surface area (Å²) in [4.78, 5) is 14.5. The molecule has 0 unspecified atom stereocenters. The Labute approximate surface area is 64.7 Å². The van der Waals surface area contributed by atoms with Crippen LogP contribution in [-0.4, -0.2) is 9.55 Å². The number of aromatic nitrogens is 2. The topological polar surface area (TPSA) is 34.9 Å². The number of nitrogens with zero attached hydrogens (tertiary/aromatic N) is 2. The van der Waals surface area contributed by atoms with E-state index in [0.29, 0.717) is 0 Å². The van der Waals surface area contributed by atoms with Gasteiger partial charge in [0.15, 0.2) is 0 Å². The molecule has 0 aliphatic carbocycles. The molecule has 0 radical (unpaired) electrons. The Morgan fingerprint density at radius 1 is 1.82 bits per heavy atom. The van der Waals surface area contributed by atoms with Crippen molar-refractivity contribution in [3.8, 4) is 12.3 Å². The molecule has 0 aromatic carbocycles. The maximum absolute atomic E-state index is 10.9. The third-order valence-corrected chi connectivity index (χ3v) is 1.25. The van der Waals surface area contributed by atoms with Crippen LogP contribution in [0.1, 0.15) is 5.56 Å². The van der Waals surface area contributed by atoms with Gasteiger partial charge < -0.3 is 0 Å². The van der Waals surface area contributed by atoms with E-state index < -0.39 is 0 Å². The first-order chi connectivity index (χ1) is 5.24. The summed E-state index contributed by atoms with van der Waals surface area (Å²) in [6, 6.07) is 0. The van der Waals surface area contributed by atoms with Gasteiger partial charge in [-0.15, -0.1) is 6.42 Å². The van der Waals surface area contributed by atoms with Crippen LogP contribution >= 0.6 is 0 Å². The molecule has 0 saturated heterocycles. The quantitative estimate of drug-likeness (QED) is 0.533. The highest BCUT2D eigenvalue weighted by atomic mass is 16.1. The zero-order valence-electron chi connectivity index (χ0n) is 6.24. The maximum atomic E-state index is 10.9. The lowest BCUT2D eigenvalue weighted by molar-refractivity contribution is 0.750. The molecule has 0 N–H and O–H groups in total. The number of terminal acetylenes is 1. The summed E-state index contributed by atoms with van der Waals surface area (Å²) < 4.78 is 1.40. The van der Waals surface area contributed by atoms with E-state index in [9.17, 15) is 4.79 Å². The van der Waals surface area contributed by atoms with Gasteiger partial charge in [-0.05, 0) is 12.5 Å². The second-order valence-electron chi connectivity index (χ2n) is 2.25. The lowest BCUT2D eigenvalue weighted by Crippen LogP contribution is -2.21. The monoisotopic (exact) mass is 148 g/mol. The van der Waals surface area contributed by atoms with Crippen molar-refractivity contribution >= 4 is 0 Å². The van der Waals surface area contributed by atoms with Gasteiger partial charge in [0.2, 0.25) is 0 Å². The van der Waals surface area contributed by atoms with Crippen LogP contribution in [0.3, 0.4) is 0 Å². The predicted molar refractivity (Wildman–Crippen MR) is 42.1 cm³/mol. The summed E-state index contributed by atoms with van der Waals surface area (Å²) in [6.45, 7) is 2.15. The third kappa shape index (κ3) is 1.68. The van der Waals surface area contributed by atoms with Gasteiger partial charge >= 0.3 is 5.69 Å². The summed E-state index contributed by atoms with van der Waals surface area (Å²) in [5.74, 6) is 2.38. The first-order valence-electron chi connectivity index (χ1n) is 3.20. The third-order valence-electron chi connectivity index (χ3n) is 1.25.